The Bertz CT molecular complexity index is 505. The Morgan fingerprint density at radius 1 is 0.963 bits per heavy atom. The summed E-state index contributed by atoms with van der Waals surface area (Å²) in [6.07, 6.45) is 6.86. The van der Waals surface area contributed by atoms with Crippen LogP contribution in [0.25, 0.3) is 0 Å². The molecule has 0 saturated heterocycles. The van der Waals surface area contributed by atoms with Gasteiger partial charge in [0.2, 0.25) is 0 Å². The molecule has 7 N–H and O–H groups in total. The number of aliphatic hydroxyl groups excluding tert-OH is 4. The molecule has 0 bridgehead atoms. The van der Waals surface area contributed by atoms with Crippen LogP contribution in [0.4, 0.5) is 0 Å². The molecule has 0 aliphatic carbocycles. The Balaban J connectivity index is 4.48. The van der Waals surface area contributed by atoms with Gasteiger partial charge in [-0.2, -0.15) is 0 Å². The third kappa shape index (κ3) is 10.4. The Morgan fingerprint density at radius 3 is 2.11 bits per heavy atom. The first-order valence-corrected chi connectivity index (χ1v) is 9.27. The molecule has 7 heteroatoms. The molecule has 7 atom stereocenters. The van der Waals surface area contributed by atoms with Gasteiger partial charge in [0.05, 0.1) is 36.9 Å². The number of nitrogens with two attached hydrogens (primary N) is 1. The fourth-order valence-electron chi connectivity index (χ4n) is 2.61. The van der Waals surface area contributed by atoms with Gasteiger partial charge in [-0.3, -0.25) is 4.79 Å². The van der Waals surface area contributed by atoms with Crippen molar-refractivity contribution in [3.05, 3.63) is 36.5 Å². The molecule has 0 aromatic rings. The maximum absolute atomic E-state index is 10.6. The summed E-state index contributed by atoms with van der Waals surface area (Å²) in [6.45, 7) is 5.36. The molecule has 0 aliphatic rings. The zero-order valence-electron chi connectivity index (χ0n) is 16.3. The van der Waals surface area contributed by atoms with E-state index in [1.807, 2.05) is 25.2 Å². The molecule has 0 amide bonds. The van der Waals surface area contributed by atoms with Crippen molar-refractivity contribution >= 4 is 5.97 Å². The predicted molar refractivity (Wildman–Crippen MR) is 105 cm³/mol. The van der Waals surface area contributed by atoms with Crippen molar-refractivity contribution in [2.45, 2.75) is 70.5 Å². The van der Waals surface area contributed by atoms with Crippen LogP contribution in [0.2, 0.25) is 0 Å². The van der Waals surface area contributed by atoms with Crippen molar-refractivity contribution in [3.63, 3.8) is 0 Å². The lowest BCUT2D eigenvalue weighted by Crippen LogP contribution is -2.48. The van der Waals surface area contributed by atoms with E-state index >= 15 is 0 Å². The average molecular weight is 386 g/mol. The van der Waals surface area contributed by atoms with Gasteiger partial charge in [0.1, 0.15) is 0 Å². The monoisotopic (exact) mass is 385 g/mol. The summed E-state index contributed by atoms with van der Waals surface area (Å²) in [7, 11) is 0. The Hall–Kier alpha value is -1.51. The molecule has 0 spiro atoms. The summed E-state index contributed by atoms with van der Waals surface area (Å²) < 4.78 is 0. The molecule has 0 saturated carbocycles. The van der Waals surface area contributed by atoms with Crippen LogP contribution in [0.1, 0.15) is 40.0 Å². The van der Waals surface area contributed by atoms with E-state index < -0.39 is 48.8 Å². The van der Waals surface area contributed by atoms with Gasteiger partial charge in [0.25, 0.3) is 0 Å². The van der Waals surface area contributed by atoms with Crippen LogP contribution in [0.15, 0.2) is 36.5 Å². The highest BCUT2D eigenvalue weighted by molar-refractivity contribution is 5.67. The molecule has 0 heterocycles. The van der Waals surface area contributed by atoms with Gasteiger partial charge in [0, 0.05) is 5.92 Å². The molecule has 7 unspecified atom stereocenters. The SMILES string of the molecule is C/C=C/C=C\C=C/C(O)C(C)C(O)CCC(C)C(O)C(N)C(O)CC(=O)O. The summed E-state index contributed by atoms with van der Waals surface area (Å²) in [5.41, 5.74) is 5.73. The summed E-state index contributed by atoms with van der Waals surface area (Å²) in [5.74, 6) is -1.93. The van der Waals surface area contributed by atoms with E-state index in [0.717, 1.165) is 0 Å². The summed E-state index contributed by atoms with van der Waals surface area (Å²) >= 11 is 0. The van der Waals surface area contributed by atoms with E-state index in [0.29, 0.717) is 12.8 Å². The van der Waals surface area contributed by atoms with Crippen LogP contribution in [0, 0.1) is 11.8 Å². The maximum Gasteiger partial charge on any atom is 0.306 e. The minimum absolute atomic E-state index is 0.334. The zero-order chi connectivity index (χ0) is 21.0. The summed E-state index contributed by atoms with van der Waals surface area (Å²) in [5, 5.41) is 49.0. The molecule has 0 rings (SSSR count). The molecule has 7 nitrogen and oxygen atoms in total. The first kappa shape index (κ1) is 25.5. The molecule has 0 fully saturated rings. The van der Waals surface area contributed by atoms with Gasteiger partial charge < -0.3 is 31.3 Å². The Morgan fingerprint density at radius 2 is 1.56 bits per heavy atom. The van der Waals surface area contributed by atoms with Crippen molar-refractivity contribution in [1.29, 1.82) is 0 Å². The van der Waals surface area contributed by atoms with Crippen LogP contribution in [0.3, 0.4) is 0 Å². The van der Waals surface area contributed by atoms with Crippen LogP contribution < -0.4 is 5.73 Å². The van der Waals surface area contributed by atoms with E-state index in [4.69, 9.17) is 10.8 Å². The van der Waals surface area contributed by atoms with E-state index in [2.05, 4.69) is 0 Å². The van der Waals surface area contributed by atoms with E-state index in [9.17, 15) is 25.2 Å². The first-order valence-electron chi connectivity index (χ1n) is 9.27. The minimum atomic E-state index is -1.34. The molecule has 27 heavy (non-hydrogen) atoms. The van der Waals surface area contributed by atoms with Gasteiger partial charge in [-0.15, -0.1) is 0 Å². The number of carbonyl (C=O) groups is 1. The molecule has 156 valence electrons. The number of rotatable bonds is 13. The second-order valence-electron chi connectivity index (χ2n) is 7.00. The van der Waals surface area contributed by atoms with Crippen LogP contribution in [-0.4, -0.2) is 62.0 Å². The number of hydrogen-bond donors (Lipinski definition) is 6. The first-order chi connectivity index (χ1) is 12.6. The third-order valence-corrected chi connectivity index (χ3v) is 4.70. The highest BCUT2D eigenvalue weighted by atomic mass is 16.4. The fourth-order valence-corrected chi connectivity index (χ4v) is 2.61. The highest BCUT2D eigenvalue weighted by Gasteiger charge is 2.30. The smallest absolute Gasteiger partial charge is 0.306 e. The van der Waals surface area contributed by atoms with Crippen LogP contribution in [-0.2, 0) is 4.79 Å². The second-order valence-corrected chi connectivity index (χ2v) is 7.00. The number of aliphatic carboxylic acids is 1. The number of carboxylic acid groups (broad SMARTS) is 1. The topological polar surface area (TPSA) is 144 Å². The Labute approximate surface area is 161 Å². The molecule has 0 aromatic carbocycles. The van der Waals surface area contributed by atoms with Gasteiger partial charge in [0.15, 0.2) is 0 Å². The van der Waals surface area contributed by atoms with Crippen molar-refractivity contribution in [3.8, 4) is 0 Å². The zero-order valence-corrected chi connectivity index (χ0v) is 16.3. The van der Waals surface area contributed by atoms with E-state index in [1.54, 1.807) is 32.1 Å². The van der Waals surface area contributed by atoms with Crippen molar-refractivity contribution in [1.82, 2.24) is 0 Å². The number of carboxylic acids is 1. The molecular formula is C20H35NO6. The molecule has 0 aliphatic heterocycles. The largest absolute Gasteiger partial charge is 0.481 e. The van der Waals surface area contributed by atoms with E-state index in [-0.39, 0.29) is 5.92 Å². The third-order valence-electron chi connectivity index (χ3n) is 4.70. The van der Waals surface area contributed by atoms with Crippen molar-refractivity contribution in [2.75, 3.05) is 0 Å². The Kier molecular flexibility index (Phi) is 12.9. The minimum Gasteiger partial charge on any atom is -0.481 e. The van der Waals surface area contributed by atoms with Gasteiger partial charge >= 0.3 is 5.97 Å². The number of allylic oxidation sites excluding steroid dienone is 5. The molecule has 0 aromatic heterocycles. The normalized spacial score (nSPS) is 20.6. The highest BCUT2D eigenvalue weighted by Crippen LogP contribution is 2.21. The summed E-state index contributed by atoms with van der Waals surface area (Å²) in [4.78, 5) is 10.6. The average Bonchev–Trinajstić information content (AvgIpc) is 2.62. The van der Waals surface area contributed by atoms with Crippen LogP contribution >= 0.6 is 0 Å². The number of hydrogen-bond acceptors (Lipinski definition) is 6. The number of aliphatic hydroxyl groups is 4. The fraction of sp³-hybridized carbons (Fsp3) is 0.650. The molecule has 0 radical (unpaired) electrons. The van der Waals surface area contributed by atoms with Crippen molar-refractivity contribution < 1.29 is 30.3 Å². The van der Waals surface area contributed by atoms with Gasteiger partial charge in [-0.25, -0.2) is 0 Å². The second kappa shape index (κ2) is 13.6. The lowest BCUT2D eigenvalue weighted by Gasteiger charge is -2.29. The van der Waals surface area contributed by atoms with Gasteiger partial charge in [-0.1, -0.05) is 50.3 Å². The lowest BCUT2D eigenvalue weighted by atomic mass is 9.87. The van der Waals surface area contributed by atoms with Crippen molar-refractivity contribution in [2.24, 2.45) is 17.6 Å². The quantitative estimate of drug-likeness (QED) is 0.259. The predicted octanol–water partition coefficient (Wildman–Crippen LogP) is 0.973. The van der Waals surface area contributed by atoms with Gasteiger partial charge in [-0.05, 0) is 25.7 Å². The molecular weight excluding hydrogens is 350 g/mol. The summed E-state index contributed by atoms with van der Waals surface area (Å²) in [6, 6.07) is -1.08. The maximum atomic E-state index is 10.6. The standard InChI is InChI=1S/C20H35NO6/c1-4-5-6-7-8-9-15(22)14(3)16(23)11-10-13(2)20(27)19(21)17(24)12-18(25)26/h4-9,13-17,19-20,22-24,27H,10-12,21H2,1-3H3,(H,25,26)/b5-4+,7-6-,9-8-. The van der Waals surface area contributed by atoms with E-state index in [1.165, 1.54) is 0 Å². The lowest BCUT2D eigenvalue weighted by molar-refractivity contribution is -0.140. The van der Waals surface area contributed by atoms with Crippen LogP contribution in [0.5, 0.6) is 0 Å².